The number of hydrogen-bond acceptors (Lipinski definition) is 7. The molecular weight excluding hydrogens is 492 g/mol. The number of urea groups is 1. The quantitative estimate of drug-likeness (QED) is 0.199. The minimum atomic E-state index is -1.37. The lowest BCUT2D eigenvalue weighted by Gasteiger charge is -2.33. The van der Waals surface area contributed by atoms with Crippen LogP contribution in [0.1, 0.15) is 41.8 Å². The number of ketones is 1. The summed E-state index contributed by atoms with van der Waals surface area (Å²) >= 11 is 0. The predicted molar refractivity (Wildman–Crippen MR) is 142 cm³/mol. The van der Waals surface area contributed by atoms with Crippen LogP contribution in [-0.2, 0) is 10.2 Å². The molecule has 11 nitrogen and oxygen atoms in total. The molecule has 0 saturated carbocycles. The second kappa shape index (κ2) is 11.4. The van der Waals surface area contributed by atoms with Crippen LogP contribution in [0.4, 0.5) is 21.9 Å². The highest BCUT2D eigenvalue weighted by Gasteiger charge is 2.42. The average Bonchev–Trinajstić information content (AvgIpc) is 2.89. The number of nitrogens with two attached hydrogens (primary N) is 1. The first-order valence-corrected chi connectivity index (χ1v) is 11.6. The maximum atomic E-state index is 13.0. The van der Waals surface area contributed by atoms with Gasteiger partial charge in [0.25, 0.3) is 5.69 Å². The van der Waals surface area contributed by atoms with Crippen LogP contribution in [0.15, 0.2) is 60.7 Å². The Morgan fingerprint density at radius 1 is 0.921 bits per heavy atom. The summed E-state index contributed by atoms with van der Waals surface area (Å²) in [7, 11) is 2.90. The van der Waals surface area contributed by atoms with Crippen molar-refractivity contribution in [3.63, 3.8) is 0 Å². The third-order valence-corrected chi connectivity index (χ3v) is 6.29. The van der Waals surface area contributed by atoms with Crippen LogP contribution < -0.4 is 25.8 Å². The van der Waals surface area contributed by atoms with Gasteiger partial charge in [-0.3, -0.25) is 19.7 Å². The van der Waals surface area contributed by atoms with Crippen molar-refractivity contribution in [2.24, 2.45) is 5.73 Å². The molecule has 38 heavy (non-hydrogen) atoms. The molecule has 0 aliphatic rings. The highest BCUT2D eigenvalue weighted by Crippen LogP contribution is 2.42. The number of nitro groups is 1. The molecule has 11 heteroatoms. The van der Waals surface area contributed by atoms with E-state index in [2.05, 4.69) is 10.6 Å². The van der Waals surface area contributed by atoms with Crippen molar-refractivity contribution in [3.8, 4) is 11.5 Å². The number of carbonyl (C=O) groups is 3. The van der Waals surface area contributed by atoms with Gasteiger partial charge < -0.3 is 25.8 Å². The van der Waals surface area contributed by atoms with Gasteiger partial charge in [-0.2, -0.15) is 0 Å². The fourth-order valence-electron chi connectivity index (χ4n) is 4.32. The Balaban J connectivity index is 1.95. The molecule has 0 aliphatic heterocycles. The Kier molecular flexibility index (Phi) is 8.31. The molecule has 0 aliphatic carbocycles. The second-order valence-corrected chi connectivity index (χ2v) is 8.39. The van der Waals surface area contributed by atoms with E-state index in [4.69, 9.17) is 15.2 Å². The van der Waals surface area contributed by atoms with Crippen molar-refractivity contribution in [3.05, 3.63) is 87.5 Å². The van der Waals surface area contributed by atoms with Crippen LogP contribution >= 0.6 is 0 Å². The lowest BCUT2D eigenvalue weighted by atomic mass is 9.69. The van der Waals surface area contributed by atoms with Crippen LogP contribution in [-0.4, -0.2) is 36.9 Å². The Morgan fingerprint density at radius 2 is 1.42 bits per heavy atom. The maximum absolute atomic E-state index is 13.0. The topological polar surface area (TPSA) is 163 Å². The number of anilines is 2. The third-order valence-electron chi connectivity index (χ3n) is 6.29. The summed E-state index contributed by atoms with van der Waals surface area (Å²) in [6, 6.07) is 14.4. The highest BCUT2D eigenvalue weighted by molar-refractivity contribution is 6.02. The molecule has 3 aromatic rings. The van der Waals surface area contributed by atoms with Crippen molar-refractivity contribution in [1.29, 1.82) is 0 Å². The monoisotopic (exact) mass is 520 g/mol. The lowest BCUT2D eigenvalue weighted by Crippen LogP contribution is -2.43. The number of rotatable bonds is 10. The number of nitrogens with one attached hydrogen (secondary N) is 2. The SMILES string of the molecule is CCC(C(N)=O)(c1ccc(NC(=O)Nc2ccc([N+](=O)[O-])cc2)cc1)c1cc(OC)c(OC)cc1C(C)=O. The number of non-ortho nitro benzene ring substituents is 1. The summed E-state index contributed by atoms with van der Waals surface area (Å²) < 4.78 is 10.8. The average molecular weight is 521 g/mol. The van der Waals surface area contributed by atoms with E-state index in [1.54, 1.807) is 37.3 Å². The smallest absolute Gasteiger partial charge is 0.323 e. The summed E-state index contributed by atoms with van der Waals surface area (Å²) in [5.41, 5.74) is 6.46. The molecule has 0 spiro atoms. The normalized spacial score (nSPS) is 12.1. The van der Waals surface area contributed by atoms with Crippen molar-refractivity contribution >= 4 is 34.8 Å². The Labute approximate surface area is 219 Å². The number of methoxy groups -OCH3 is 2. The van der Waals surface area contributed by atoms with Crippen LogP contribution in [0.25, 0.3) is 0 Å². The third kappa shape index (κ3) is 5.41. The van der Waals surface area contributed by atoms with E-state index in [-0.39, 0.29) is 23.5 Å². The van der Waals surface area contributed by atoms with E-state index >= 15 is 0 Å². The van der Waals surface area contributed by atoms with Gasteiger partial charge in [0.05, 0.1) is 24.6 Å². The molecule has 0 bridgehead atoms. The Bertz CT molecular complexity index is 1370. The molecule has 0 radical (unpaired) electrons. The largest absolute Gasteiger partial charge is 0.493 e. The van der Waals surface area contributed by atoms with Gasteiger partial charge in [0.1, 0.15) is 0 Å². The lowest BCUT2D eigenvalue weighted by molar-refractivity contribution is -0.384. The van der Waals surface area contributed by atoms with Crippen LogP contribution in [0, 0.1) is 10.1 Å². The Morgan fingerprint density at radius 3 is 1.84 bits per heavy atom. The fraction of sp³-hybridized carbons (Fsp3) is 0.222. The minimum absolute atomic E-state index is 0.0946. The molecule has 0 aromatic heterocycles. The van der Waals surface area contributed by atoms with Gasteiger partial charge in [0, 0.05) is 29.1 Å². The van der Waals surface area contributed by atoms with E-state index in [9.17, 15) is 24.5 Å². The number of carbonyl (C=O) groups excluding carboxylic acids is 3. The zero-order valence-electron chi connectivity index (χ0n) is 21.4. The first-order valence-electron chi connectivity index (χ1n) is 11.6. The fourth-order valence-corrected chi connectivity index (χ4v) is 4.32. The summed E-state index contributed by atoms with van der Waals surface area (Å²) in [5.74, 6) is -0.255. The molecule has 0 saturated heterocycles. The molecule has 3 aromatic carbocycles. The molecule has 0 fully saturated rings. The van der Waals surface area contributed by atoms with E-state index in [0.29, 0.717) is 34.0 Å². The molecule has 4 N–H and O–H groups in total. The molecule has 3 rings (SSSR count). The predicted octanol–water partition coefficient (Wildman–Crippen LogP) is 4.64. The van der Waals surface area contributed by atoms with E-state index < -0.39 is 22.3 Å². The zero-order valence-corrected chi connectivity index (χ0v) is 21.4. The minimum Gasteiger partial charge on any atom is -0.493 e. The first-order chi connectivity index (χ1) is 18.1. The van der Waals surface area contributed by atoms with Crippen molar-refractivity contribution in [2.45, 2.75) is 25.7 Å². The number of benzene rings is 3. The van der Waals surface area contributed by atoms with Crippen LogP contribution in [0.5, 0.6) is 11.5 Å². The number of Topliss-reactive ketones (excluding diaryl/α,β-unsaturated/α-hetero) is 1. The van der Waals surface area contributed by atoms with Gasteiger partial charge in [0.15, 0.2) is 17.3 Å². The maximum Gasteiger partial charge on any atom is 0.323 e. The first kappa shape index (κ1) is 27.7. The van der Waals surface area contributed by atoms with Crippen molar-refractivity contribution in [2.75, 3.05) is 24.9 Å². The Hall–Kier alpha value is -4.93. The summed E-state index contributed by atoms with van der Waals surface area (Å²) in [6.45, 7) is 3.18. The van der Waals surface area contributed by atoms with Gasteiger partial charge in [-0.1, -0.05) is 19.1 Å². The number of ether oxygens (including phenoxy) is 2. The summed E-state index contributed by atoms with van der Waals surface area (Å²) in [6.07, 6.45) is 0.242. The van der Waals surface area contributed by atoms with Gasteiger partial charge in [0.2, 0.25) is 5.91 Å². The summed E-state index contributed by atoms with van der Waals surface area (Å²) in [4.78, 5) is 48.3. The molecule has 1 atom stereocenters. The van der Waals surface area contributed by atoms with Gasteiger partial charge in [-0.05, 0) is 60.9 Å². The van der Waals surface area contributed by atoms with Crippen molar-refractivity contribution in [1.82, 2.24) is 0 Å². The van der Waals surface area contributed by atoms with E-state index in [0.717, 1.165) is 0 Å². The van der Waals surface area contributed by atoms with Crippen molar-refractivity contribution < 1.29 is 28.8 Å². The number of primary amides is 1. The molecular formula is C27H28N4O7. The van der Waals surface area contributed by atoms with E-state index in [1.165, 1.54) is 51.5 Å². The molecule has 198 valence electrons. The van der Waals surface area contributed by atoms with E-state index in [1.807, 2.05) is 0 Å². The van der Waals surface area contributed by atoms with Gasteiger partial charge in [-0.15, -0.1) is 0 Å². The van der Waals surface area contributed by atoms with Crippen LogP contribution in [0.3, 0.4) is 0 Å². The number of nitrogens with zero attached hydrogens (tertiary/aromatic N) is 1. The highest BCUT2D eigenvalue weighted by atomic mass is 16.6. The number of hydrogen-bond donors (Lipinski definition) is 3. The molecule has 0 heterocycles. The van der Waals surface area contributed by atoms with Crippen LogP contribution in [0.2, 0.25) is 0 Å². The standard InChI is InChI=1S/C27H28N4O7/c1-5-27(25(28)33,22-15-24(38-4)23(37-3)14-21(22)16(2)32)17-6-8-18(9-7-17)29-26(34)30-19-10-12-20(13-11-19)31(35)36/h6-15H,5H2,1-4H3,(H2,28,33)(H2,29,30,34). The summed E-state index contributed by atoms with van der Waals surface area (Å²) in [5, 5.41) is 16.0. The zero-order chi connectivity index (χ0) is 28.0. The van der Waals surface area contributed by atoms with Gasteiger partial charge in [-0.25, -0.2) is 4.79 Å². The second-order valence-electron chi connectivity index (χ2n) is 8.39. The molecule has 3 amide bonds. The van der Waals surface area contributed by atoms with Gasteiger partial charge >= 0.3 is 6.03 Å². The molecule has 1 unspecified atom stereocenters. The number of amides is 3. The number of nitro benzene ring substituents is 1.